The fourth-order valence-corrected chi connectivity index (χ4v) is 3.64. The topological polar surface area (TPSA) is 38.3 Å². The molecule has 1 fully saturated rings. The van der Waals surface area contributed by atoms with Gasteiger partial charge in [0.15, 0.2) is 0 Å². The van der Waals surface area contributed by atoms with Crippen LogP contribution in [0.15, 0.2) is 42.5 Å². The summed E-state index contributed by atoms with van der Waals surface area (Å²) >= 11 is 6.28. The fraction of sp³-hybridized carbons (Fsp3) is 0.375. The second kappa shape index (κ2) is 9.66. The number of nitrogens with one attached hydrogen (secondary N) is 1. The van der Waals surface area contributed by atoms with Gasteiger partial charge in [-0.15, -0.1) is 6.42 Å². The molecule has 4 heteroatoms. The molecular formula is C24H26ClNO2. The van der Waals surface area contributed by atoms with E-state index in [9.17, 15) is 4.79 Å². The molecule has 28 heavy (non-hydrogen) atoms. The van der Waals surface area contributed by atoms with Crippen molar-refractivity contribution in [3.63, 3.8) is 0 Å². The average molecular weight is 396 g/mol. The molecule has 1 aliphatic carbocycles. The Hall–Kier alpha value is -2.44. The number of benzene rings is 2. The number of terminal acetylenes is 1. The summed E-state index contributed by atoms with van der Waals surface area (Å²) in [6, 6.07) is 13.9. The second-order valence-electron chi connectivity index (χ2n) is 7.44. The maximum atomic E-state index is 12.2. The first-order valence-electron chi connectivity index (χ1n) is 9.79. The van der Waals surface area contributed by atoms with Crippen LogP contribution in [0.2, 0.25) is 5.02 Å². The first-order chi connectivity index (χ1) is 13.6. The highest BCUT2D eigenvalue weighted by Gasteiger charge is 2.32. The van der Waals surface area contributed by atoms with Crippen molar-refractivity contribution in [1.82, 2.24) is 5.32 Å². The molecule has 1 unspecified atom stereocenters. The van der Waals surface area contributed by atoms with Crippen LogP contribution in [0.25, 0.3) is 0 Å². The van der Waals surface area contributed by atoms with Gasteiger partial charge in [0, 0.05) is 16.6 Å². The Morgan fingerprint density at radius 2 is 2.04 bits per heavy atom. The minimum Gasteiger partial charge on any atom is -0.445 e. The number of aryl methyl sites for hydroxylation is 1. The molecule has 146 valence electrons. The van der Waals surface area contributed by atoms with Crippen molar-refractivity contribution in [3.8, 4) is 12.3 Å². The van der Waals surface area contributed by atoms with Crippen LogP contribution in [-0.4, -0.2) is 12.1 Å². The minimum absolute atomic E-state index is 0.163. The zero-order valence-electron chi connectivity index (χ0n) is 16.2. The Morgan fingerprint density at radius 3 is 2.71 bits per heavy atom. The Kier molecular flexibility index (Phi) is 7.01. The van der Waals surface area contributed by atoms with E-state index in [4.69, 9.17) is 22.8 Å². The van der Waals surface area contributed by atoms with Crippen molar-refractivity contribution < 1.29 is 9.53 Å². The number of rotatable bonds is 8. The highest BCUT2D eigenvalue weighted by atomic mass is 35.5. The van der Waals surface area contributed by atoms with Gasteiger partial charge in [-0.3, -0.25) is 0 Å². The number of ether oxygens (including phenoxy) is 1. The molecule has 1 aliphatic rings. The number of amides is 1. The summed E-state index contributed by atoms with van der Waals surface area (Å²) in [6.07, 6.45) is 10.3. The zero-order valence-corrected chi connectivity index (χ0v) is 17.0. The summed E-state index contributed by atoms with van der Waals surface area (Å²) in [5, 5.41) is 3.77. The molecule has 1 saturated carbocycles. The highest BCUT2D eigenvalue weighted by molar-refractivity contribution is 6.31. The maximum Gasteiger partial charge on any atom is 0.407 e. The lowest BCUT2D eigenvalue weighted by Crippen LogP contribution is -2.36. The van der Waals surface area contributed by atoms with E-state index in [2.05, 4.69) is 11.2 Å². The van der Waals surface area contributed by atoms with Crippen LogP contribution in [0.5, 0.6) is 0 Å². The molecule has 3 nitrogen and oxygen atoms in total. The molecule has 1 amide bonds. The van der Waals surface area contributed by atoms with Crippen molar-refractivity contribution in [3.05, 3.63) is 69.7 Å². The summed E-state index contributed by atoms with van der Waals surface area (Å²) in [7, 11) is 0. The van der Waals surface area contributed by atoms with E-state index in [1.807, 2.05) is 49.4 Å². The Bertz CT molecular complexity index is 853. The van der Waals surface area contributed by atoms with Crippen LogP contribution in [0.3, 0.4) is 0 Å². The predicted molar refractivity (Wildman–Crippen MR) is 113 cm³/mol. The molecule has 2 aromatic rings. The average Bonchev–Trinajstić information content (AvgIpc) is 3.54. The van der Waals surface area contributed by atoms with Gasteiger partial charge in [0.25, 0.3) is 0 Å². The van der Waals surface area contributed by atoms with E-state index in [1.165, 1.54) is 12.8 Å². The van der Waals surface area contributed by atoms with Crippen molar-refractivity contribution in [2.75, 3.05) is 0 Å². The summed E-state index contributed by atoms with van der Waals surface area (Å²) < 4.78 is 5.37. The van der Waals surface area contributed by atoms with E-state index in [1.54, 1.807) is 0 Å². The van der Waals surface area contributed by atoms with Gasteiger partial charge in [-0.05, 0) is 73.8 Å². The largest absolute Gasteiger partial charge is 0.445 e. The van der Waals surface area contributed by atoms with Crippen LogP contribution < -0.4 is 5.32 Å². The van der Waals surface area contributed by atoms with Crippen LogP contribution in [-0.2, 0) is 17.8 Å². The van der Waals surface area contributed by atoms with Gasteiger partial charge in [0.05, 0.1) is 0 Å². The SMILES string of the molecule is C#Cc1cc(CCCC(NC(=O)OCc2ccccc2)C2CC2)cc(Cl)c1C. The molecule has 3 rings (SSSR count). The lowest BCUT2D eigenvalue weighted by molar-refractivity contribution is 0.133. The van der Waals surface area contributed by atoms with E-state index >= 15 is 0 Å². The number of hydrogen-bond acceptors (Lipinski definition) is 2. The number of hydrogen-bond donors (Lipinski definition) is 1. The summed E-state index contributed by atoms with van der Waals surface area (Å²) in [5.74, 6) is 3.26. The van der Waals surface area contributed by atoms with E-state index < -0.39 is 0 Å². The Morgan fingerprint density at radius 1 is 1.29 bits per heavy atom. The first kappa shape index (κ1) is 20.3. The smallest absolute Gasteiger partial charge is 0.407 e. The van der Waals surface area contributed by atoms with Gasteiger partial charge >= 0.3 is 6.09 Å². The molecule has 0 radical (unpaired) electrons. The van der Waals surface area contributed by atoms with Gasteiger partial charge < -0.3 is 10.1 Å². The maximum absolute atomic E-state index is 12.2. The zero-order chi connectivity index (χ0) is 19.9. The van der Waals surface area contributed by atoms with Gasteiger partial charge in [-0.25, -0.2) is 4.79 Å². The van der Waals surface area contributed by atoms with Crippen LogP contribution in [0, 0.1) is 25.2 Å². The summed E-state index contributed by atoms with van der Waals surface area (Å²) in [4.78, 5) is 12.2. The molecular weight excluding hydrogens is 370 g/mol. The fourth-order valence-electron chi connectivity index (χ4n) is 3.40. The number of carbonyl (C=O) groups is 1. The summed E-state index contributed by atoms with van der Waals surface area (Å²) in [5.41, 5.74) is 3.93. The van der Waals surface area contributed by atoms with E-state index in [0.29, 0.717) is 17.5 Å². The molecule has 0 aliphatic heterocycles. The molecule has 0 spiro atoms. The van der Waals surface area contributed by atoms with E-state index in [0.717, 1.165) is 41.5 Å². The van der Waals surface area contributed by atoms with Crippen LogP contribution in [0.4, 0.5) is 4.79 Å². The third kappa shape index (κ3) is 5.78. The standard InChI is InChI=1S/C24H26ClNO2/c1-3-20-14-19(15-22(25)17(20)2)10-7-11-23(21-12-13-21)26-24(27)28-16-18-8-5-4-6-9-18/h1,4-6,8-9,14-15,21,23H,7,10-13,16H2,2H3,(H,26,27). The lowest BCUT2D eigenvalue weighted by Gasteiger charge is -2.18. The monoisotopic (exact) mass is 395 g/mol. The van der Waals surface area contributed by atoms with Crippen molar-refractivity contribution in [1.29, 1.82) is 0 Å². The Labute approximate surface area is 172 Å². The molecule has 0 bridgehead atoms. The van der Waals surface area contributed by atoms with Gasteiger partial charge in [-0.2, -0.15) is 0 Å². The van der Waals surface area contributed by atoms with Gasteiger partial charge in [0.2, 0.25) is 0 Å². The number of alkyl carbamates (subject to hydrolysis) is 1. The first-order valence-corrected chi connectivity index (χ1v) is 10.2. The van der Waals surface area contributed by atoms with Crippen LogP contribution >= 0.6 is 11.6 Å². The minimum atomic E-state index is -0.339. The second-order valence-corrected chi connectivity index (χ2v) is 7.84. The molecule has 0 heterocycles. The Balaban J connectivity index is 1.48. The molecule has 1 N–H and O–H groups in total. The van der Waals surface area contributed by atoms with Gasteiger partial charge in [0.1, 0.15) is 6.61 Å². The van der Waals surface area contributed by atoms with Crippen molar-refractivity contribution in [2.45, 2.75) is 51.7 Å². The normalized spacial score (nSPS) is 14.2. The number of carbonyl (C=O) groups excluding carboxylic acids is 1. The molecule has 0 saturated heterocycles. The lowest BCUT2D eigenvalue weighted by atomic mass is 9.99. The summed E-state index contributed by atoms with van der Waals surface area (Å²) in [6.45, 7) is 2.23. The quantitative estimate of drug-likeness (QED) is 0.586. The molecule has 0 aromatic heterocycles. The predicted octanol–water partition coefficient (Wildman–Crippen LogP) is 5.66. The highest BCUT2D eigenvalue weighted by Crippen LogP contribution is 2.35. The van der Waals surface area contributed by atoms with E-state index in [-0.39, 0.29) is 12.1 Å². The van der Waals surface area contributed by atoms with Crippen molar-refractivity contribution >= 4 is 17.7 Å². The third-order valence-corrected chi connectivity index (χ3v) is 5.64. The van der Waals surface area contributed by atoms with Gasteiger partial charge in [-0.1, -0.05) is 47.9 Å². The van der Waals surface area contributed by atoms with Crippen molar-refractivity contribution in [2.24, 2.45) is 5.92 Å². The molecule has 1 atom stereocenters. The molecule has 2 aromatic carbocycles. The number of halogens is 1. The van der Waals surface area contributed by atoms with Crippen LogP contribution in [0.1, 0.15) is 47.9 Å². The third-order valence-electron chi connectivity index (χ3n) is 5.25.